The molecule has 1 aromatic rings. The van der Waals surface area contributed by atoms with Gasteiger partial charge < -0.3 is 21.1 Å². The average molecular weight is 382 g/mol. The smallest absolute Gasteiger partial charge is 0.416 e. The van der Waals surface area contributed by atoms with Crippen LogP contribution >= 0.6 is 11.6 Å². The Morgan fingerprint density at radius 1 is 1.28 bits per heavy atom. The Kier molecular flexibility index (Phi) is 7.37. The molecule has 0 aromatic heterocycles. The summed E-state index contributed by atoms with van der Waals surface area (Å²) in [6.07, 6.45) is -4.65. The van der Waals surface area contributed by atoms with E-state index in [1.54, 1.807) is 20.8 Å². The van der Waals surface area contributed by atoms with Gasteiger partial charge in [-0.15, -0.1) is 0 Å². The fourth-order valence-electron chi connectivity index (χ4n) is 1.98. The van der Waals surface area contributed by atoms with Crippen molar-refractivity contribution in [3.05, 3.63) is 28.8 Å². The van der Waals surface area contributed by atoms with Crippen molar-refractivity contribution in [2.24, 2.45) is 5.73 Å². The Bertz CT molecular complexity index is 589. The Morgan fingerprint density at radius 3 is 2.44 bits per heavy atom. The predicted molar refractivity (Wildman–Crippen MR) is 91.8 cm³/mol. The zero-order chi connectivity index (χ0) is 19.3. The summed E-state index contributed by atoms with van der Waals surface area (Å²) in [7, 11) is 0. The Balaban J connectivity index is 2.62. The number of carbonyl (C=O) groups excluding carboxylic acids is 1. The highest BCUT2D eigenvalue weighted by atomic mass is 35.5. The lowest BCUT2D eigenvalue weighted by molar-refractivity contribution is -0.137. The van der Waals surface area contributed by atoms with Gasteiger partial charge in [0, 0.05) is 29.8 Å². The molecular formula is C16H23ClF3N3O2. The maximum absolute atomic E-state index is 12.8. The summed E-state index contributed by atoms with van der Waals surface area (Å²) >= 11 is 5.75. The molecule has 1 atom stereocenters. The van der Waals surface area contributed by atoms with Crippen LogP contribution in [-0.4, -0.2) is 30.8 Å². The number of alkyl carbamates (subject to hydrolysis) is 1. The van der Waals surface area contributed by atoms with Crippen molar-refractivity contribution in [3.8, 4) is 0 Å². The van der Waals surface area contributed by atoms with Crippen LogP contribution in [0.3, 0.4) is 0 Å². The fraction of sp³-hybridized carbons (Fsp3) is 0.562. The number of amides is 1. The molecule has 0 heterocycles. The van der Waals surface area contributed by atoms with E-state index < -0.39 is 23.4 Å². The van der Waals surface area contributed by atoms with E-state index in [0.29, 0.717) is 6.42 Å². The lowest BCUT2D eigenvalue weighted by Gasteiger charge is -2.22. The molecule has 0 saturated heterocycles. The number of rotatable bonds is 6. The lowest BCUT2D eigenvalue weighted by atomic mass is 10.1. The molecule has 4 N–H and O–H groups in total. The molecular weight excluding hydrogens is 359 g/mol. The summed E-state index contributed by atoms with van der Waals surface area (Å²) < 4.78 is 43.6. The molecule has 1 unspecified atom stereocenters. The van der Waals surface area contributed by atoms with Gasteiger partial charge in [-0.2, -0.15) is 13.2 Å². The topological polar surface area (TPSA) is 76.4 Å². The van der Waals surface area contributed by atoms with Gasteiger partial charge in [-0.3, -0.25) is 0 Å². The Labute approximate surface area is 150 Å². The van der Waals surface area contributed by atoms with Gasteiger partial charge in [-0.05, 0) is 45.4 Å². The number of alkyl halides is 3. The highest BCUT2D eigenvalue weighted by molar-refractivity contribution is 6.30. The zero-order valence-corrected chi connectivity index (χ0v) is 15.1. The lowest BCUT2D eigenvalue weighted by Crippen LogP contribution is -2.37. The van der Waals surface area contributed by atoms with E-state index in [-0.39, 0.29) is 29.8 Å². The van der Waals surface area contributed by atoms with Crippen molar-refractivity contribution in [1.82, 2.24) is 5.32 Å². The molecule has 0 bridgehead atoms. The number of benzene rings is 1. The first-order valence-corrected chi connectivity index (χ1v) is 8.10. The predicted octanol–water partition coefficient (Wildman–Crippen LogP) is 4.01. The third kappa shape index (κ3) is 8.31. The number of hydrogen-bond acceptors (Lipinski definition) is 4. The van der Waals surface area contributed by atoms with Gasteiger partial charge in [0.2, 0.25) is 0 Å². The summed E-state index contributed by atoms with van der Waals surface area (Å²) in [5, 5.41) is 5.45. The van der Waals surface area contributed by atoms with Crippen molar-refractivity contribution in [3.63, 3.8) is 0 Å². The van der Waals surface area contributed by atoms with Crippen LogP contribution in [0.1, 0.15) is 32.8 Å². The van der Waals surface area contributed by atoms with Gasteiger partial charge in [0.25, 0.3) is 0 Å². The van der Waals surface area contributed by atoms with E-state index in [1.807, 2.05) is 0 Å². The Hall–Kier alpha value is -1.67. The van der Waals surface area contributed by atoms with Crippen molar-refractivity contribution in [2.75, 3.05) is 18.4 Å². The molecule has 5 nitrogen and oxygen atoms in total. The maximum Gasteiger partial charge on any atom is 0.416 e. The van der Waals surface area contributed by atoms with E-state index in [4.69, 9.17) is 22.1 Å². The monoisotopic (exact) mass is 381 g/mol. The maximum atomic E-state index is 12.8. The third-order valence-corrected chi connectivity index (χ3v) is 3.26. The minimum atomic E-state index is -4.49. The van der Waals surface area contributed by atoms with Gasteiger partial charge in [0.05, 0.1) is 5.56 Å². The van der Waals surface area contributed by atoms with Gasteiger partial charge in [-0.25, -0.2) is 4.79 Å². The molecule has 0 saturated carbocycles. The van der Waals surface area contributed by atoms with E-state index in [9.17, 15) is 18.0 Å². The van der Waals surface area contributed by atoms with Crippen LogP contribution in [0.15, 0.2) is 18.2 Å². The number of anilines is 1. The fourth-order valence-corrected chi connectivity index (χ4v) is 2.22. The van der Waals surface area contributed by atoms with Crippen molar-refractivity contribution in [1.29, 1.82) is 0 Å². The summed E-state index contributed by atoms with van der Waals surface area (Å²) in [4.78, 5) is 11.6. The van der Waals surface area contributed by atoms with Crippen LogP contribution in [0.5, 0.6) is 0 Å². The number of halogens is 4. The number of hydrogen-bond donors (Lipinski definition) is 3. The quantitative estimate of drug-likeness (QED) is 0.695. The first-order valence-electron chi connectivity index (χ1n) is 7.72. The van der Waals surface area contributed by atoms with Gasteiger partial charge in [0.1, 0.15) is 5.60 Å². The normalized spacial score (nSPS) is 13.3. The van der Waals surface area contributed by atoms with E-state index in [2.05, 4.69) is 10.6 Å². The van der Waals surface area contributed by atoms with Crippen LogP contribution in [0.4, 0.5) is 23.7 Å². The largest absolute Gasteiger partial charge is 0.444 e. The average Bonchev–Trinajstić information content (AvgIpc) is 2.42. The van der Waals surface area contributed by atoms with Crippen molar-refractivity contribution >= 4 is 23.4 Å². The molecule has 0 aliphatic rings. The third-order valence-electron chi connectivity index (χ3n) is 3.04. The van der Waals surface area contributed by atoms with Crippen LogP contribution < -0.4 is 16.4 Å². The number of ether oxygens (including phenoxy) is 1. The van der Waals surface area contributed by atoms with Gasteiger partial charge in [-0.1, -0.05) is 11.6 Å². The number of nitrogens with one attached hydrogen (secondary N) is 2. The summed E-state index contributed by atoms with van der Waals surface area (Å²) in [6, 6.07) is 2.87. The van der Waals surface area contributed by atoms with Gasteiger partial charge >= 0.3 is 12.3 Å². The number of nitrogens with two attached hydrogens (primary N) is 1. The zero-order valence-electron chi connectivity index (χ0n) is 14.3. The van der Waals surface area contributed by atoms with Crippen LogP contribution in [0, 0.1) is 0 Å². The summed E-state index contributed by atoms with van der Waals surface area (Å²) in [5.41, 5.74) is 4.41. The van der Waals surface area contributed by atoms with E-state index >= 15 is 0 Å². The molecule has 0 fully saturated rings. The molecule has 9 heteroatoms. The molecule has 0 radical (unpaired) electrons. The Morgan fingerprint density at radius 2 is 1.92 bits per heavy atom. The van der Waals surface area contributed by atoms with E-state index in [1.165, 1.54) is 6.07 Å². The molecule has 0 spiro atoms. The molecule has 1 aromatic carbocycles. The van der Waals surface area contributed by atoms with Gasteiger partial charge in [0.15, 0.2) is 0 Å². The molecule has 1 amide bonds. The molecule has 0 aliphatic heterocycles. The minimum Gasteiger partial charge on any atom is -0.444 e. The standard InChI is InChI=1S/C16H23ClF3N3O2/c1-15(2,3)25-14(24)22-5-4-12(9-21)23-13-7-10(16(18,19)20)6-11(17)8-13/h6-8,12,23H,4-5,9,21H2,1-3H3,(H,22,24). The number of carbonyl (C=O) groups is 1. The first-order chi connectivity index (χ1) is 11.4. The molecule has 142 valence electrons. The van der Waals surface area contributed by atoms with Crippen LogP contribution in [-0.2, 0) is 10.9 Å². The minimum absolute atomic E-state index is 0.0278. The summed E-state index contributed by atoms with van der Waals surface area (Å²) in [6.45, 7) is 5.66. The first kappa shape index (κ1) is 21.4. The molecule has 0 aliphatic carbocycles. The second-order valence-corrected chi connectivity index (χ2v) is 6.96. The highest BCUT2D eigenvalue weighted by Crippen LogP contribution is 2.33. The van der Waals surface area contributed by atoms with E-state index in [0.717, 1.165) is 12.1 Å². The van der Waals surface area contributed by atoms with Crippen LogP contribution in [0.2, 0.25) is 5.02 Å². The van der Waals surface area contributed by atoms with Crippen molar-refractivity contribution in [2.45, 2.75) is 45.0 Å². The summed E-state index contributed by atoms with van der Waals surface area (Å²) in [5.74, 6) is 0. The molecule has 25 heavy (non-hydrogen) atoms. The van der Waals surface area contributed by atoms with Crippen molar-refractivity contribution < 1.29 is 22.7 Å². The SMILES string of the molecule is CC(C)(C)OC(=O)NCCC(CN)Nc1cc(Cl)cc(C(F)(F)F)c1. The highest BCUT2D eigenvalue weighted by Gasteiger charge is 2.31. The molecule has 1 rings (SSSR count). The second kappa shape index (κ2) is 8.62. The second-order valence-electron chi connectivity index (χ2n) is 6.52. The van der Waals surface area contributed by atoms with Crippen LogP contribution in [0.25, 0.3) is 0 Å².